The number of carbonyl (C=O) groups excluding carboxylic acids is 1. The van der Waals surface area contributed by atoms with Gasteiger partial charge < -0.3 is 5.11 Å². The summed E-state index contributed by atoms with van der Waals surface area (Å²) in [5, 5.41) is 10.5. The van der Waals surface area contributed by atoms with Gasteiger partial charge in [-0.25, -0.2) is 0 Å². The second-order valence-corrected chi connectivity index (χ2v) is 6.13. The van der Waals surface area contributed by atoms with Crippen molar-refractivity contribution in [2.24, 2.45) is 0 Å². The highest BCUT2D eigenvalue weighted by molar-refractivity contribution is 14.1. The zero-order valence-corrected chi connectivity index (χ0v) is 13.7. The van der Waals surface area contributed by atoms with Gasteiger partial charge in [-0.05, 0) is 59.8 Å². The van der Waals surface area contributed by atoms with Crippen molar-refractivity contribution in [3.63, 3.8) is 0 Å². The summed E-state index contributed by atoms with van der Waals surface area (Å²) in [4.78, 5) is 12.8. The molecule has 0 bridgehead atoms. The molecule has 0 saturated carbocycles. The molecule has 0 saturated heterocycles. The van der Waals surface area contributed by atoms with Crippen LogP contribution in [0.25, 0.3) is 10.9 Å². The summed E-state index contributed by atoms with van der Waals surface area (Å²) in [6.07, 6.45) is 0. The molecule has 106 valence electrons. The highest BCUT2D eigenvalue weighted by Gasteiger charge is 2.18. The summed E-state index contributed by atoms with van der Waals surface area (Å²) in [6, 6.07) is 15.2. The molecule has 1 heterocycles. The summed E-state index contributed by atoms with van der Waals surface area (Å²) in [5.41, 5.74) is 3.08. The molecule has 21 heavy (non-hydrogen) atoms. The number of aliphatic hydroxyl groups is 1. The molecule has 2 aromatic carbocycles. The van der Waals surface area contributed by atoms with Gasteiger partial charge in [-0.2, -0.15) is 0 Å². The van der Waals surface area contributed by atoms with E-state index >= 15 is 0 Å². The summed E-state index contributed by atoms with van der Waals surface area (Å²) in [7, 11) is 0. The zero-order chi connectivity index (χ0) is 15.0. The highest BCUT2D eigenvalue weighted by Crippen LogP contribution is 2.26. The van der Waals surface area contributed by atoms with E-state index in [-0.39, 0.29) is 12.5 Å². The number of hydrogen-bond acceptors (Lipinski definition) is 2. The topological polar surface area (TPSA) is 42.2 Å². The molecular formula is C17H14INO2. The molecule has 0 fully saturated rings. The van der Waals surface area contributed by atoms with Crippen molar-refractivity contribution in [1.82, 2.24) is 4.57 Å². The number of rotatable bonds is 2. The van der Waals surface area contributed by atoms with Crippen LogP contribution in [0.2, 0.25) is 0 Å². The van der Waals surface area contributed by atoms with Crippen molar-refractivity contribution < 1.29 is 9.90 Å². The lowest BCUT2D eigenvalue weighted by molar-refractivity contribution is 0.0962. The minimum absolute atomic E-state index is 0.0696. The normalized spacial score (nSPS) is 11.0. The summed E-state index contributed by atoms with van der Waals surface area (Å²) in [6.45, 7) is 1.80. The van der Waals surface area contributed by atoms with Gasteiger partial charge in [-0.3, -0.25) is 9.36 Å². The maximum Gasteiger partial charge on any atom is 0.262 e. The third kappa shape index (κ3) is 2.38. The van der Waals surface area contributed by atoms with E-state index in [1.165, 1.54) is 0 Å². The monoisotopic (exact) mass is 391 g/mol. The van der Waals surface area contributed by atoms with Crippen molar-refractivity contribution in [3.8, 4) is 0 Å². The van der Waals surface area contributed by atoms with Crippen molar-refractivity contribution in [3.05, 3.63) is 68.9 Å². The molecule has 3 nitrogen and oxygen atoms in total. The number of aromatic nitrogens is 1. The van der Waals surface area contributed by atoms with Gasteiger partial charge in [0.1, 0.15) is 0 Å². The number of nitrogens with zero attached hydrogens (tertiary/aromatic N) is 1. The first-order chi connectivity index (χ1) is 10.1. The molecule has 1 aromatic heterocycles. The van der Waals surface area contributed by atoms with Crippen molar-refractivity contribution in [2.75, 3.05) is 0 Å². The van der Waals surface area contributed by atoms with E-state index in [1.807, 2.05) is 55.5 Å². The maximum atomic E-state index is 12.8. The first-order valence-corrected chi connectivity index (χ1v) is 7.71. The molecule has 0 spiro atoms. The van der Waals surface area contributed by atoms with Crippen LogP contribution >= 0.6 is 22.6 Å². The molecule has 0 aliphatic carbocycles. The Morgan fingerprint density at radius 2 is 1.81 bits per heavy atom. The molecular weight excluding hydrogens is 377 g/mol. The van der Waals surface area contributed by atoms with Gasteiger partial charge in [0.15, 0.2) is 0 Å². The largest absolute Gasteiger partial charge is 0.392 e. The average molecular weight is 391 g/mol. The molecule has 0 atom stereocenters. The number of halogens is 1. The SMILES string of the molecule is Cc1c(CO)c2ccccc2n1C(=O)c1ccc(I)cc1. The lowest BCUT2D eigenvalue weighted by atomic mass is 10.1. The van der Waals surface area contributed by atoms with Crippen LogP contribution in [0, 0.1) is 10.5 Å². The van der Waals surface area contributed by atoms with Crippen LogP contribution in [-0.2, 0) is 6.61 Å². The van der Waals surface area contributed by atoms with Crippen LogP contribution in [0.4, 0.5) is 0 Å². The fraction of sp³-hybridized carbons (Fsp3) is 0.118. The average Bonchev–Trinajstić information content (AvgIpc) is 2.78. The Kier molecular flexibility index (Phi) is 3.82. The predicted molar refractivity (Wildman–Crippen MR) is 91.5 cm³/mol. The maximum absolute atomic E-state index is 12.8. The van der Waals surface area contributed by atoms with E-state index in [1.54, 1.807) is 4.57 Å². The van der Waals surface area contributed by atoms with Crippen LogP contribution < -0.4 is 0 Å². The van der Waals surface area contributed by atoms with E-state index in [0.717, 1.165) is 25.7 Å². The molecule has 0 amide bonds. The van der Waals surface area contributed by atoms with Crippen LogP contribution in [0.5, 0.6) is 0 Å². The second kappa shape index (κ2) is 5.61. The Labute approximate surface area is 136 Å². The first kappa shape index (κ1) is 14.3. The lowest BCUT2D eigenvalue weighted by Crippen LogP contribution is -2.13. The fourth-order valence-corrected chi connectivity index (χ4v) is 2.98. The lowest BCUT2D eigenvalue weighted by Gasteiger charge is -2.07. The van der Waals surface area contributed by atoms with Crippen molar-refractivity contribution in [2.45, 2.75) is 13.5 Å². The third-order valence-electron chi connectivity index (χ3n) is 3.69. The summed E-state index contributed by atoms with van der Waals surface area (Å²) < 4.78 is 2.78. The number of benzene rings is 2. The van der Waals surface area contributed by atoms with Gasteiger partial charge in [0, 0.05) is 25.8 Å². The minimum Gasteiger partial charge on any atom is -0.392 e. The minimum atomic E-state index is -0.0701. The number of fused-ring (bicyclic) bond motifs is 1. The number of carbonyl (C=O) groups is 1. The highest BCUT2D eigenvalue weighted by atomic mass is 127. The van der Waals surface area contributed by atoms with Crippen LogP contribution in [0.1, 0.15) is 21.6 Å². The van der Waals surface area contributed by atoms with Gasteiger partial charge in [-0.15, -0.1) is 0 Å². The number of aliphatic hydroxyl groups excluding tert-OH is 1. The fourth-order valence-electron chi connectivity index (χ4n) is 2.62. The van der Waals surface area contributed by atoms with Crippen molar-refractivity contribution in [1.29, 1.82) is 0 Å². The predicted octanol–water partition coefficient (Wildman–Crippen LogP) is 3.74. The molecule has 0 unspecified atom stereocenters. The Balaban J connectivity index is 2.22. The van der Waals surface area contributed by atoms with Gasteiger partial charge in [-0.1, -0.05) is 18.2 Å². The standard InChI is InChI=1S/C17H14INO2/c1-11-15(10-20)14-4-2-3-5-16(14)19(11)17(21)12-6-8-13(18)9-7-12/h2-9,20H,10H2,1H3. The molecule has 3 aromatic rings. The van der Waals surface area contributed by atoms with E-state index in [9.17, 15) is 9.90 Å². The van der Waals surface area contributed by atoms with Crippen molar-refractivity contribution >= 4 is 39.4 Å². The van der Waals surface area contributed by atoms with Crippen LogP contribution in [0.15, 0.2) is 48.5 Å². The second-order valence-electron chi connectivity index (χ2n) is 4.89. The summed E-state index contributed by atoms with van der Waals surface area (Å²) >= 11 is 2.21. The van der Waals surface area contributed by atoms with Gasteiger partial charge >= 0.3 is 0 Å². The third-order valence-corrected chi connectivity index (χ3v) is 4.41. The Hall–Kier alpha value is -1.66. The number of hydrogen-bond donors (Lipinski definition) is 1. The Morgan fingerprint density at radius 1 is 1.14 bits per heavy atom. The molecule has 4 heteroatoms. The molecule has 1 N–H and O–H groups in total. The summed E-state index contributed by atoms with van der Waals surface area (Å²) in [5.74, 6) is -0.0696. The Morgan fingerprint density at radius 3 is 2.48 bits per heavy atom. The van der Waals surface area contributed by atoms with E-state index in [2.05, 4.69) is 22.6 Å². The smallest absolute Gasteiger partial charge is 0.262 e. The Bertz CT molecular complexity index is 819. The van der Waals surface area contributed by atoms with Gasteiger partial charge in [0.2, 0.25) is 0 Å². The molecule has 0 aliphatic heterocycles. The first-order valence-electron chi connectivity index (χ1n) is 6.63. The number of para-hydroxylation sites is 1. The molecule has 0 aliphatic rings. The van der Waals surface area contributed by atoms with Gasteiger partial charge in [0.05, 0.1) is 12.1 Å². The van der Waals surface area contributed by atoms with E-state index in [0.29, 0.717) is 5.56 Å². The van der Waals surface area contributed by atoms with E-state index in [4.69, 9.17) is 0 Å². The molecule has 0 radical (unpaired) electrons. The zero-order valence-electron chi connectivity index (χ0n) is 11.5. The van der Waals surface area contributed by atoms with Crippen LogP contribution in [0.3, 0.4) is 0 Å². The molecule has 3 rings (SSSR count). The van der Waals surface area contributed by atoms with Gasteiger partial charge in [0.25, 0.3) is 5.91 Å². The van der Waals surface area contributed by atoms with Crippen LogP contribution in [-0.4, -0.2) is 15.6 Å². The quantitative estimate of drug-likeness (QED) is 0.677. The van der Waals surface area contributed by atoms with E-state index < -0.39 is 0 Å².